The van der Waals surface area contributed by atoms with Gasteiger partial charge in [-0.05, 0) is 36.4 Å². The molecule has 0 fully saturated rings. The summed E-state index contributed by atoms with van der Waals surface area (Å²) in [5.41, 5.74) is 0.230. The fourth-order valence-electron chi connectivity index (χ4n) is 2.41. The van der Waals surface area contributed by atoms with E-state index in [1.807, 2.05) is 0 Å². The van der Waals surface area contributed by atoms with Gasteiger partial charge in [0.25, 0.3) is 0 Å². The van der Waals surface area contributed by atoms with Crippen LogP contribution in [0.1, 0.15) is 5.56 Å². The molecule has 132 valence electrons. The number of imidazole rings is 1. The Morgan fingerprint density at radius 2 is 1.84 bits per heavy atom. The number of methoxy groups -OCH3 is 1. The van der Waals surface area contributed by atoms with Crippen LogP contribution in [0, 0.1) is 0 Å². The monoisotopic (exact) mass is 370 g/mol. The predicted octanol–water partition coefficient (Wildman–Crippen LogP) is 3.66. The lowest BCUT2D eigenvalue weighted by molar-refractivity contribution is -0.137. The molecule has 0 aliphatic rings. The summed E-state index contributed by atoms with van der Waals surface area (Å²) < 4.78 is 66.9. The summed E-state index contributed by atoms with van der Waals surface area (Å²) in [5, 5.41) is 0. The number of hydrogen-bond donors (Lipinski definition) is 1. The Bertz CT molecular complexity index is 1060. The van der Waals surface area contributed by atoms with Crippen molar-refractivity contribution in [2.45, 2.75) is 11.1 Å². The van der Waals surface area contributed by atoms with Crippen LogP contribution >= 0.6 is 0 Å². The molecule has 0 atom stereocenters. The van der Waals surface area contributed by atoms with Crippen LogP contribution in [0.2, 0.25) is 0 Å². The average molecular weight is 370 g/mol. The van der Waals surface area contributed by atoms with Crippen molar-refractivity contribution in [3.63, 3.8) is 0 Å². The van der Waals surface area contributed by atoms with Gasteiger partial charge in [-0.1, -0.05) is 0 Å². The van der Waals surface area contributed by atoms with Gasteiger partial charge in [0.2, 0.25) is 0 Å². The van der Waals surface area contributed by atoms with Gasteiger partial charge in [0.15, 0.2) is 9.84 Å². The first-order valence-corrected chi connectivity index (χ1v) is 8.94. The SMILES string of the molecule is COc1cc(S(C)(=O)=O)ccc1-c1nc2cc(C(F)(F)F)ccc2[nH]1. The standard InChI is InChI=1S/C16H13F3N2O3S/c1-24-14-8-10(25(2,22)23)4-5-11(14)15-20-12-6-3-9(16(17,18)19)7-13(12)21-15/h3-8H,1-2H3,(H,20,21). The van der Waals surface area contributed by atoms with Crippen LogP contribution in [0.5, 0.6) is 5.75 Å². The molecule has 0 unspecified atom stereocenters. The van der Waals surface area contributed by atoms with Gasteiger partial charge in [-0.2, -0.15) is 13.2 Å². The van der Waals surface area contributed by atoms with E-state index in [1.165, 1.54) is 31.4 Å². The molecule has 5 nitrogen and oxygen atoms in total. The van der Waals surface area contributed by atoms with Gasteiger partial charge in [0.1, 0.15) is 11.6 Å². The normalized spacial score (nSPS) is 12.5. The van der Waals surface area contributed by atoms with Crippen LogP contribution in [0.3, 0.4) is 0 Å². The third-order valence-electron chi connectivity index (χ3n) is 3.67. The molecule has 0 saturated heterocycles. The minimum atomic E-state index is -4.46. The van der Waals surface area contributed by atoms with Crippen molar-refractivity contribution in [1.29, 1.82) is 0 Å². The molecule has 0 saturated carbocycles. The number of H-pyrrole nitrogens is 1. The number of aromatic nitrogens is 2. The Kier molecular flexibility index (Phi) is 3.98. The van der Waals surface area contributed by atoms with Gasteiger partial charge in [-0.3, -0.25) is 0 Å². The highest BCUT2D eigenvalue weighted by Crippen LogP contribution is 2.34. The van der Waals surface area contributed by atoms with Gasteiger partial charge in [-0.25, -0.2) is 13.4 Å². The molecular weight excluding hydrogens is 357 g/mol. The van der Waals surface area contributed by atoms with Crippen LogP contribution in [-0.2, 0) is 16.0 Å². The molecule has 0 aliphatic carbocycles. The zero-order chi connectivity index (χ0) is 18.4. The number of fused-ring (bicyclic) bond motifs is 1. The fourth-order valence-corrected chi connectivity index (χ4v) is 3.04. The van der Waals surface area contributed by atoms with E-state index in [0.29, 0.717) is 11.1 Å². The Hall–Kier alpha value is -2.55. The number of hydrogen-bond acceptors (Lipinski definition) is 4. The lowest BCUT2D eigenvalue weighted by Gasteiger charge is -2.08. The lowest BCUT2D eigenvalue weighted by atomic mass is 10.2. The number of aromatic amines is 1. The largest absolute Gasteiger partial charge is 0.496 e. The summed E-state index contributed by atoms with van der Waals surface area (Å²) in [7, 11) is -2.05. The number of sulfone groups is 1. The molecule has 0 amide bonds. The van der Waals surface area contributed by atoms with Crippen molar-refractivity contribution in [3.05, 3.63) is 42.0 Å². The van der Waals surface area contributed by atoms with Crippen LogP contribution in [0.4, 0.5) is 13.2 Å². The van der Waals surface area contributed by atoms with Crippen LogP contribution in [0.15, 0.2) is 41.3 Å². The molecule has 1 aromatic heterocycles. The van der Waals surface area contributed by atoms with Crippen molar-refractivity contribution >= 4 is 20.9 Å². The number of alkyl halides is 3. The molecule has 3 aromatic rings. The quantitative estimate of drug-likeness (QED) is 0.764. The van der Waals surface area contributed by atoms with Crippen molar-refractivity contribution in [2.24, 2.45) is 0 Å². The summed E-state index contributed by atoms with van der Waals surface area (Å²) in [6.45, 7) is 0. The van der Waals surface area contributed by atoms with Crippen molar-refractivity contribution in [3.8, 4) is 17.1 Å². The maximum absolute atomic E-state index is 12.8. The summed E-state index contributed by atoms with van der Waals surface area (Å²) in [4.78, 5) is 7.16. The number of nitrogens with zero attached hydrogens (tertiary/aromatic N) is 1. The molecule has 0 bridgehead atoms. The zero-order valence-corrected chi connectivity index (χ0v) is 14.0. The minimum Gasteiger partial charge on any atom is -0.496 e. The molecule has 0 radical (unpaired) electrons. The summed E-state index contributed by atoms with van der Waals surface area (Å²) in [6.07, 6.45) is -3.39. The summed E-state index contributed by atoms with van der Waals surface area (Å²) >= 11 is 0. The van der Waals surface area contributed by atoms with E-state index in [9.17, 15) is 21.6 Å². The van der Waals surface area contributed by atoms with Gasteiger partial charge in [-0.15, -0.1) is 0 Å². The fraction of sp³-hybridized carbons (Fsp3) is 0.188. The topological polar surface area (TPSA) is 72.1 Å². The molecule has 2 aromatic carbocycles. The number of benzene rings is 2. The van der Waals surface area contributed by atoms with E-state index in [-0.39, 0.29) is 22.0 Å². The maximum Gasteiger partial charge on any atom is 0.416 e. The molecule has 3 rings (SSSR count). The van der Waals surface area contributed by atoms with Gasteiger partial charge in [0.05, 0.1) is 34.2 Å². The van der Waals surface area contributed by atoms with Crippen molar-refractivity contribution < 1.29 is 26.3 Å². The number of rotatable bonds is 3. The van der Waals surface area contributed by atoms with E-state index in [0.717, 1.165) is 18.4 Å². The van der Waals surface area contributed by atoms with Crippen molar-refractivity contribution in [2.75, 3.05) is 13.4 Å². The second-order valence-corrected chi connectivity index (χ2v) is 7.47. The third kappa shape index (κ3) is 3.32. The van der Waals surface area contributed by atoms with Crippen LogP contribution < -0.4 is 4.74 Å². The molecule has 1 N–H and O–H groups in total. The molecular formula is C16H13F3N2O3S. The van der Waals surface area contributed by atoms with Gasteiger partial charge in [0, 0.05) is 6.26 Å². The molecule has 0 spiro atoms. The highest BCUT2D eigenvalue weighted by atomic mass is 32.2. The first-order chi connectivity index (χ1) is 11.6. The minimum absolute atomic E-state index is 0.0727. The number of nitrogens with one attached hydrogen (secondary N) is 1. The lowest BCUT2D eigenvalue weighted by Crippen LogP contribution is -2.04. The highest BCUT2D eigenvalue weighted by Gasteiger charge is 2.30. The number of halogens is 3. The van der Waals surface area contributed by atoms with E-state index >= 15 is 0 Å². The molecule has 25 heavy (non-hydrogen) atoms. The summed E-state index contributed by atoms with van der Waals surface area (Å²) in [5.74, 6) is 0.532. The molecule has 9 heteroatoms. The van der Waals surface area contributed by atoms with E-state index in [1.54, 1.807) is 0 Å². The smallest absolute Gasteiger partial charge is 0.416 e. The summed E-state index contributed by atoms with van der Waals surface area (Å²) in [6, 6.07) is 7.45. The second kappa shape index (κ2) is 5.76. The Morgan fingerprint density at radius 3 is 2.44 bits per heavy atom. The second-order valence-electron chi connectivity index (χ2n) is 5.45. The van der Waals surface area contributed by atoms with E-state index in [2.05, 4.69) is 9.97 Å². The highest BCUT2D eigenvalue weighted by molar-refractivity contribution is 7.90. The Balaban J connectivity index is 2.13. The average Bonchev–Trinajstić information content (AvgIpc) is 2.95. The first-order valence-electron chi connectivity index (χ1n) is 7.05. The van der Waals surface area contributed by atoms with E-state index in [4.69, 9.17) is 4.74 Å². The van der Waals surface area contributed by atoms with Crippen LogP contribution in [-0.4, -0.2) is 31.8 Å². The zero-order valence-electron chi connectivity index (χ0n) is 13.2. The Morgan fingerprint density at radius 1 is 1.12 bits per heavy atom. The van der Waals surface area contributed by atoms with Gasteiger partial charge >= 0.3 is 6.18 Å². The van der Waals surface area contributed by atoms with E-state index < -0.39 is 21.6 Å². The third-order valence-corrected chi connectivity index (χ3v) is 4.78. The molecule has 1 heterocycles. The predicted molar refractivity (Wildman–Crippen MR) is 86.2 cm³/mol. The maximum atomic E-state index is 12.8. The number of ether oxygens (including phenoxy) is 1. The molecule has 0 aliphatic heterocycles. The van der Waals surface area contributed by atoms with Crippen LogP contribution in [0.25, 0.3) is 22.4 Å². The van der Waals surface area contributed by atoms with Gasteiger partial charge < -0.3 is 9.72 Å². The van der Waals surface area contributed by atoms with Crippen molar-refractivity contribution in [1.82, 2.24) is 9.97 Å². The Labute approximate surface area is 141 Å². The first kappa shape index (κ1) is 17.3.